The molecule has 0 fully saturated rings. The van der Waals surface area contributed by atoms with Gasteiger partial charge in [0, 0.05) is 26.6 Å². The van der Waals surface area contributed by atoms with Gasteiger partial charge in [0.2, 0.25) is 10.0 Å². The molecule has 1 aromatic rings. The summed E-state index contributed by atoms with van der Waals surface area (Å²) in [5.41, 5.74) is 1.44. The molecule has 0 radical (unpaired) electrons. The van der Waals surface area contributed by atoms with E-state index in [0.717, 1.165) is 5.56 Å². The van der Waals surface area contributed by atoms with Gasteiger partial charge in [-0.1, -0.05) is 12.1 Å². The van der Waals surface area contributed by atoms with Crippen LogP contribution in [0.15, 0.2) is 23.1 Å². The summed E-state index contributed by atoms with van der Waals surface area (Å²) in [6, 6.07) is 5.14. The monoisotopic (exact) mass is 321 g/mol. The Balaban J connectivity index is 2.88. The molecule has 0 aliphatic carbocycles. The summed E-state index contributed by atoms with van der Waals surface area (Å²) in [6.45, 7) is 2.21. The maximum absolute atomic E-state index is 12.3. The van der Waals surface area contributed by atoms with Crippen LogP contribution >= 0.6 is 11.6 Å². The Kier molecular flexibility index (Phi) is 6.91. The normalized spacial score (nSPS) is 13.4. The van der Waals surface area contributed by atoms with Crippen LogP contribution in [0.5, 0.6) is 0 Å². The highest BCUT2D eigenvalue weighted by Gasteiger charge is 2.19. The van der Waals surface area contributed by atoms with Crippen molar-refractivity contribution >= 4 is 21.6 Å². The third-order valence-corrected chi connectivity index (χ3v) is 4.76. The van der Waals surface area contributed by atoms with Crippen molar-refractivity contribution < 1.29 is 17.9 Å². The van der Waals surface area contributed by atoms with E-state index in [-0.39, 0.29) is 23.4 Å². The Labute approximate surface area is 125 Å². The maximum atomic E-state index is 12.3. The Bertz CT molecular complexity index is 533. The van der Waals surface area contributed by atoms with Gasteiger partial charge in [-0.25, -0.2) is 13.1 Å². The summed E-state index contributed by atoms with van der Waals surface area (Å²) in [4.78, 5) is 0.239. The fourth-order valence-corrected chi connectivity index (χ4v) is 3.22. The summed E-state index contributed by atoms with van der Waals surface area (Å²) in [5, 5.41) is 0. The lowest BCUT2D eigenvalue weighted by Crippen LogP contribution is -2.35. The minimum absolute atomic E-state index is 0.150. The number of hydrogen-bond donors (Lipinski definition) is 1. The molecule has 0 aliphatic rings. The zero-order valence-corrected chi connectivity index (χ0v) is 13.4. The standard InChI is InChI=1S/C13H20ClNO4S/c1-10-4-5-11(7-14)6-13(10)20(16,17)15-8-12(19-3)9-18-2/h4-6,12,15H,7-9H2,1-3H3. The average molecular weight is 322 g/mol. The van der Waals surface area contributed by atoms with E-state index in [1.54, 1.807) is 19.1 Å². The molecule has 1 atom stereocenters. The van der Waals surface area contributed by atoms with E-state index in [2.05, 4.69) is 4.72 Å². The molecule has 1 unspecified atom stereocenters. The highest BCUT2D eigenvalue weighted by molar-refractivity contribution is 7.89. The van der Waals surface area contributed by atoms with Crippen LogP contribution in [0.4, 0.5) is 0 Å². The highest BCUT2D eigenvalue weighted by Crippen LogP contribution is 2.18. The summed E-state index contributed by atoms with van der Waals surface area (Å²) >= 11 is 5.74. The Morgan fingerprint density at radius 3 is 2.60 bits per heavy atom. The first-order valence-electron chi connectivity index (χ1n) is 6.11. The van der Waals surface area contributed by atoms with Crippen LogP contribution in [0.3, 0.4) is 0 Å². The number of benzene rings is 1. The van der Waals surface area contributed by atoms with Crippen molar-refractivity contribution in [2.24, 2.45) is 0 Å². The summed E-state index contributed by atoms with van der Waals surface area (Å²) in [7, 11) is -0.544. The van der Waals surface area contributed by atoms with Gasteiger partial charge in [-0.15, -0.1) is 11.6 Å². The van der Waals surface area contributed by atoms with Gasteiger partial charge < -0.3 is 9.47 Å². The van der Waals surface area contributed by atoms with Gasteiger partial charge in [0.1, 0.15) is 0 Å². The lowest BCUT2D eigenvalue weighted by molar-refractivity contribution is 0.0320. The molecular weight excluding hydrogens is 302 g/mol. The zero-order chi connectivity index (χ0) is 15.2. The summed E-state index contributed by atoms with van der Waals surface area (Å²) < 4.78 is 37.2. The van der Waals surface area contributed by atoms with E-state index in [1.165, 1.54) is 14.2 Å². The average Bonchev–Trinajstić information content (AvgIpc) is 2.43. The molecule has 0 heterocycles. The number of aryl methyl sites for hydroxylation is 1. The number of halogens is 1. The van der Waals surface area contributed by atoms with Crippen LogP contribution in [-0.2, 0) is 25.4 Å². The van der Waals surface area contributed by atoms with Crippen molar-refractivity contribution in [3.63, 3.8) is 0 Å². The second kappa shape index (κ2) is 7.95. The van der Waals surface area contributed by atoms with Crippen LogP contribution in [0.1, 0.15) is 11.1 Å². The van der Waals surface area contributed by atoms with Crippen molar-refractivity contribution in [2.75, 3.05) is 27.4 Å². The molecule has 0 aliphatic heterocycles. The van der Waals surface area contributed by atoms with Crippen LogP contribution in [-0.4, -0.2) is 41.9 Å². The molecule has 1 rings (SSSR count). The van der Waals surface area contributed by atoms with E-state index in [1.807, 2.05) is 6.07 Å². The number of ether oxygens (including phenoxy) is 2. The molecule has 0 bridgehead atoms. The molecule has 0 saturated carbocycles. The molecule has 1 N–H and O–H groups in total. The largest absolute Gasteiger partial charge is 0.382 e. The lowest BCUT2D eigenvalue weighted by Gasteiger charge is -2.16. The topological polar surface area (TPSA) is 64.6 Å². The molecule has 7 heteroatoms. The first kappa shape index (κ1) is 17.4. The molecule has 0 saturated heterocycles. The van der Waals surface area contributed by atoms with Crippen molar-refractivity contribution in [2.45, 2.75) is 23.8 Å². The van der Waals surface area contributed by atoms with Crippen LogP contribution < -0.4 is 4.72 Å². The SMILES string of the molecule is COCC(CNS(=O)(=O)c1cc(CCl)ccc1C)OC. The van der Waals surface area contributed by atoms with Crippen molar-refractivity contribution in [1.29, 1.82) is 0 Å². The minimum atomic E-state index is -3.59. The molecule has 20 heavy (non-hydrogen) atoms. The summed E-state index contributed by atoms with van der Waals surface area (Å²) in [5.74, 6) is 0.271. The molecule has 5 nitrogen and oxygen atoms in total. The smallest absolute Gasteiger partial charge is 0.240 e. The lowest BCUT2D eigenvalue weighted by atomic mass is 10.2. The molecule has 0 amide bonds. The maximum Gasteiger partial charge on any atom is 0.240 e. The van der Waals surface area contributed by atoms with E-state index < -0.39 is 10.0 Å². The van der Waals surface area contributed by atoms with Crippen molar-refractivity contribution in [3.05, 3.63) is 29.3 Å². The third-order valence-electron chi connectivity index (χ3n) is 2.88. The van der Waals surface area contributed by atoms with Gasteiger partial charge in [-0.3, -0.25) is 0 Å². The van der Waals surface area contributed by atoms with Gasteiger partial charge in [-0.05, 0) is 24.1 Å². The molecule has 0 spiro atoms. The Morgan fingerprint density at radius 2 is 2.05 bits per heavy atom. The van der Waals surface area contributed by atoms with Crippen LogP contribution in [0.2, 0.25) is 0 Å². The van der Waals surface area contributed by atoms with E-state index in [9.17, 15) is 8.42 Å². The molecule has 0 aromatic heterocycles. The zero-order valence-electron chi connectivity index (χ0n) is 11.8. The van der Waals surface area contributed by atoms with Crippen LogP contribution in [0, 0.1) is 6.92 Å². The molecule has 114 valence electrons. The number of methoxy groups -OCH3 is 2. The fourth-order valence-electron chi connectivity index (χ4n) is 1.69. The highest BCUT2D eigenvalue weighted by atomic mass is 35.5. The summed E-state index contributed by atoms with van der Waals surface area (Å²) in [6.07, 6.45) is -0.328. The number of rotatable bonds is 8. The third kappa shape index (κ3) is 4.71. The van der Waals surface area contributed by atoms with Gasteiger partial charge in [0.15, 0.2) is 0 Å². The number of alkyl halides is 1. The first-order chi connectivity index (χ1) is 9.44. The second-order valence-electron chi connectivity index (χ2n) is 4.40. The second-order valence-corrected chi connectivity index (χ2v) is 6.40. The van der Waals surface area contributed by atoms with Crippen molar-refractivity contribution in [3.8, 4) is 0 Å². The van der Waals surface area contributed by atoms with Crippen LogP contribution in [0.25, 0.3) is 0 Å². The van der Waals surface area contributed by atoms with Crippen molar-refractivity contribution in [1.82, 2.24) is 4.72 Å². The van der Waals surface area contributed by atoms with Gasteiger partial charge in [-0.2, -0.15) is 0 Å². The van der Waals surface area contributed by atoms with Gasteiger partial charge >= 0.3 is 0 Å². The Morgan fingerprint density at radius 1 is 1.35 bits per heavy atom. The number of sulfonamides is 1. The van der Waals surface area contributed by atoms with E-state index in [0.29, 0.717) is 12.2 Å². The number of nitrogens with one attached hydrogen (secondary N) is 1. The first-order valence-corrected chi connectivity index (χ1v) is 8.13. The van der Waals surface area contributed by atoms with E-state index >= 15 is 0 Å². The van der Waals surface area contributed by atoms with Gasteiger partial charge in [0.25, 0.3) is 0 Å². The van der Waals surface area contributed by atoms with E-state index in [4.69, 9.17) is 21.1 Å². The fraction of sp³-hybridized carbons (Fsp3) is 0.538. The number of hydrogen-bond acceptors (Lipinski definition) is 4. The van der Waals surface area contributed by atoms with Gasteiger partial charge in [0.05, 0.1) is 17.6 Å². The quantitative estimate of drug-likeness (QED) is 0.740. The predicted octanol–water partition coefficient (Wildman–Crippen LogP) is 1.67. The molecular formula is C13H20ClNO4S. The Hall–Kier alpha value is -0.660. The molecule has 1 aromatic carbocycles. The minimum Gasteiger partial charge on any atom is -0.382 e. The predicted molar refractivity (Wildman–Crippen MR) is 78.6 cm³/mol.